The number of carbonyl (C=O) groups excluding carboxylic acids is 1. The summed E-state index contributed by atoms with van der Waals surface area (Å²) in [5.74, 6) is -0.524. The van der Waals surface area contributed by atoms with Crippen LogP contribution in [0.2, 0.25) is 0 Å². The third kappa shape index (κ3) is 4.01. The molecule has 0 aliphatic carbocycles. The number of aromatic nitrogens is 2. The Labute approximate surface area is 161 Å². The van der Waals surface area contributed by atoms with Crippen molar-refractivity contribution in [2.24, 2.45) is 0 Å². The summed E-state index contributed by atoms with van der Waals surface area (Å²) in [6.07, 6.45) is 4.95. The number of amides is 1. The molecule has 0 spiro atoms. The predicted molar refractivity (Wildman–Crippen MR) is 96.6 cm³/mol. The van der Waals surface area contributed by atoms with Gasteiger partial charge in [-0.15, -0.1) is 0 Å². The number of ether oxygens (including phenoxy) is 3. The lowest BCUT2D eigenvalue weighted by Crippen LogP contribution is -2.25. The van der Waals surface area contributed by atoms with E-state index in [4.69, 9.17) is 19.3 Å². The second-order valence-electron chi connectivity index (χ2n) is 6.83. The van der Waals surface area contributed by atoms with Crippen LogP contribution in [0.3, 0.4) is 0 Å². The molecular formula is C19H22FN3O5. The molecule has 1 unspecified atom stereocenters. The van der Waals surface area contributed by atoms with Crippen LogP contribution in [0, 0.1) is 5.82 Å². The highest BCUT2D eigenvalue weighted by Crippen LogP contribution is 2.25. The highest BCUT2D eigenvalue weighted by atomic mass is 19.1. The molecule has 0 bridgehead atoms. The molecule has 9 heteroatoms. The van der Waals surface area contributed by atoms with Crippen molar-refractivity contribution in [1.29, 1.82) is 0 Å². The number of aliphatic hydroxyl groups is 1. The molecule has 28 heavy (non-hydrogen) atoms. The van der Waals surface area contributed by atoms with Crippen molar-refractivity contribution in [1.82, 2.24) is 9.78 Å². The van der Waals surface area contributed by atoms with E-state index in [9.17, 15) is 9.18 Å². The summed E-state index contributed by atoms with van der Waals surface area (Å²) < 4.78 is 32.3. The van der Waals surface area contributed by atoms with Gasteiger partial charge in [0.2, 0.25) is 0 Å². The van der Waals surface area contributed by atoms with E-state index in [0.29, 0.717) is 18.9 Å². The zero-order valence-corrected chi connectivity index (χ0v) is 15.3. The van der Waals surface area contributed by atoms with E-state index in [-0.39, 0.29) is 25.1 Å². The molecule has 3 heterocycles. The van der Waals surface area contributed by atoms with Crippen LogP contribution in [0.1, 0.15) is 24.8 Å². The number of rotatable bonds is 6. The van der Waals surface area contributed by atoms with Gasteiger partial charge in [0, 0.05) is 18.4 Å². The minimum atomic E-state index is -0.602. The van der Waals surface area contributed by atoms with E-state index in [1.54, 1.807) is 24.5 Å². The zero-order valence-electron chi connectivity index (χ0n) is 15.3. The molecule has 1 aromatic carbocycles. The minimum absolute atomic E-state index is 0.181. The maximum atomic E-state index is 14.6. The van der Waals surface area contributed by atoms with Crippen LogP contribution in [-0.4, -0.2) is 53.1 Å². The molecule has 150 valence electrons. The van der Waals surface area contributed by atoms with Gasteiger partial charge >= 0.3 is 6.09 Å². The number of benzene rings is 1. The highest BCUT2D eigenvalue weighted by Gasteiger charge is 2.32. The van der Waals surface area contributed by atoms with Gasteiger partial charge in [-0.3, -0.25) is 4.90 Å². The third-order valence-electron chi connectivity index (χ3n) is 4.78. The lowest BCUT2D eigenvalue weighted by atomic mass is 10.2. The van der Waals surface area contributed by atoms with Crippen LogP contribution in [0.4, 0.5) is 14.9 Å². The molecular weight excluding hydrogens is 369 g/mol. The molecule has 1 amide bonds. The van der Waals surface area contributed by atoms with Crippen molar-refractivity contribution < 1.29 is 28.5 Å². The van der Waals surface area contributed by atoms with Gasteiger partial charge in [-0.1, -0.05) is 0 Å². The van der Waals surface area contributed by atoms with Gasteiger partial charge in [-0.2, -0.15) is 5.10 Å². The van der Waals surface area contributed by atoms with Crippen LogP contribution in [0.15, 0.2) is 30.6 Å². The number of halogens is 1. The van der Waals surface area contributed by atoms with Gasteiger partial charge in [0.05, 0.1) is 31.6 Å². The van der Waals surface area contributed by atoms with E-state index in [1.165, 1.54) is 15.6 Å². The Morgan fingerprint density at radius 2 is 2.25 bits per heavy atom. The fraction of sp³-hybridized carbons (Fsp3) is 0.474. The standard InChI is InChI=1S/C19H22FN3O5/c20-16-7-14(22-10-15(11-24)28-19(22)25)4-5-17(16)23-9-13(8-21-23)12-27-18-3-1-2-6-26-18/h4-5,7-9,15,18,24H,1-3,6,10-12H2/t15?,18-/m1/s1. The first-order valence-electron chi connectivity index (χ1n) is 9.30. The third-order valence-corrected chi connectivity index (χ3v) is 4.78. The Balaban J connectivity index is 1.43. The average Bonchev–Trinajstić information content (AvgIpc) is 3.33. The Bertz CT molecular complexity index is 837. The fourth-order valence-corrected chi connectivity index (χ4v) is 3.28. The quantitative estimate of drug-likeness (QED) is 0.814. The second-order valence-corrected chi connectivity index (χ2v) is 6.83. The molecule has 0 saturated carbocycles. The van der Waals surface area contributed by atoms with Crippen molar-refractivity contribution in [2.75, 3.05) is 24.7 Å². The first-order valence-corrected chi connectivity index (χ1v) is 9.30. The number of nitrogens with zero attached hydrogens (tertiary/aromatic N) is 3. The monoisotopic (exact) mass is 391 g/mol. The molecule has 2 aliphatic rings. The number of aliphatic hydroxyl groups excluding tert-OH is 1. The van der Waals surface area contributed by atoms with Crippen LogP contribution in [0.5, 0.6) is 0 Å². The van der Waals surface area contributed by atoms with Gasteiger partial charge in [-0.05, 0) is 37.5 Å². The molecule has 2 atom stereocenters. The van der Waals surface area contributed by atoms with Crippen molar-refractivity contribution in [2.45, 2.75) is 38.3 Å². The Hall–Kier alpha value is -2.49. The number of hydrogen-bond acceptors (Lipinski definition) is 6. The molecule has 1 N–H and O–H groups in total. The van der Waals surface area contributed by atoms with Gasteiger partial charge < -0.3 is 19.3 Å². The van der Waals surface area contributed by atoms with E-state index >= 15 is 0 Å². The summed E-state index contributed by atoms with van der Waals surface area (Å²) in [4.78, 5) is 13.1. The fourth-order valence-electron chi connectivity index (χ4n) is 3.28. The number of anilines is 1. The lowest BCUT2D eigenvalue weighted by molar-refractivity contribution is -0.168. The second kappa shape index (κ2) is 8.26. The van der Waals surface area contributed by atoms with Crippen molar-refractivity contribution in [3.8, 4) is 5.69 Å². The van der Waals surface area contributed by atoms with Crippen LogP contribution in [0.25, 0.3) is 5.69 Å². The maximum absolute atomic E-state index is 14.6. The zero-order chi connectivity index (χ0) is 19.5. The minimum Gasteiger partial charge on any atom is -0.441 e. The Morgan fingerprint density at radius 1 is 1.36 bits per heavy atom. The van der Waals surface area contributed by atoms with Gasteiger partial charge in [-0.25, -0.2) is 13.9 Å². The van der Waals surface area contributed by atoms with E-state index in [0.717, 1.165) is 24.8 Å². The van der Waals surface area contributed by atoms with Crippen molar-refractivity contribution in [3.05, 3.63) is 42.0 Å². The Kier molecular flexibility index (Phi) is 5.56. The summed E-state index contributed by atoms with van der Waals surface area (Å²) in [6, 6.07) is 4.42. The molecule has 8 nitrogen and oxygen atoms in total. The maximum Gasteiger partial charge on any atom is 0.414 e. The lowest BCUT2D eigenvalue weighted by Gasteiger charge is -2.22. The highest BCUT2D eigenvalue weighted by molar-refractivity contribution is 5.89. The van der Waals surface area contributed by atoms with Crippen LogP contribution >= 0.6 is 0 Å². The largest absolute Gasteiger partial charge is 0.441 e. The van der Waals surface area contributed by atoms with Crippen molar-refractivity contribution >= 4 is 11.8 Å². The van der Waals surface area contributed by atoms with Gasteiger partial charge in [0.15, 0.2) is 12.1 Å². The Morgan fingerprint density at radius 3 is 2.96 bits per heavy atom. The summed E-state index contributed by atoms with van der Waals surface area (Å²) in [7, 11) is 0. The van der Waals surface area contributed by atoms with Crippen molar-refractivity contribution in [3.63, 3.8) is 0 Å². The molecule has 0 radical (unpaired) electrons. The summed E-state index contributed by atoms with van der Waals surface area (Å²) in [6.45, 7) is 0.963. The summed E-state index contributed by atoms with van der Waals surface area (Å²) >= 11 is 0. The predicted octanol–water partition coefficient (Wildman–Crippen LogP) is 2.37. The summed E-state index contributed by atoms with van der Waals surface area (Å²) in [5, 5.41) is 13.3. The molecule has 4 rings (SSSR count). The molecule has 2 aromatic rings. The number of carbonyl (C=O) groups is 1. The topological polar surface area (TPSA) is 86.1 Å². The number of hydrogen-bond donors (Lipinski definition) is 1. The normalized spacial score (nSPS) is 22.5. The first-order chi connectivity index (χ1) is 13.6. The van der Waals surface area contributed by atoms with Crippen LogP contribution in [-0.2, 0) is 20.8 Å². The molecule has 2 fully saturated rings. The van der Waals surface area contributed by atoms with Crippen LogP contribution < -0.4 is 4.90 Å². The average molecular weight is 391 g/mol. The number of cyclic esters (lactones) is 1. The van der Waals surface area contributed by atoms with E-state index in [1.807, 2.05) is 0 Å². The first kappa shape index (κ1) is 18.9. The van der Waals surface area contributed by atoms with Gasteiger partial charge in [0.1, 0.15) is 11.8 Å². The molecule has 2 saturated heterocycles. The van der Waals surface area contributed by atoms with E-state index < -0.39 is 18.0 Å². The smallest absolute Gasteiger partial charge is 0.414 e. The molecule has 1 aromatic heterocycles. The summed E-state index contributed by atoms with van der Waals surface area (Å²) in [5.41, 5.74) is 1.44. The van der Waals surface area contributed by atoms with E-state index in [2.05, 4.69) is 5.10 Å². The molecule has 2 aliphatic heterocycles. The van der Waals surface area contributed by atoms with Gasteiger partial charge in [0.25, 0.3) is 0 Å². The SMILES string of the molecule is O=C1OC(CO)CN1c1ccc(-n2cc(CO[C@@H]3CCCCO3)cn2)c(F)c1.